The number of H-pyrrole nitrogens is 1. The summed E-state index contributed by atoms with van der Waals surface area (Å²) in [6.45, 7) is 0. The van der Waals surface area contributed by atoms with Crippen LogP contribution in [0.1, 0.15) is 0 Å². The van der Waals surface area contributed by atoms with Gasteiger partial charge in [0.1, 0.15) is 16.8 Å². The number of nitrogens with zero attached hydrogens (tertiary/aromatic N) is 2. The maximum absolute atomic E-state index is 12.2. The quantitative estimate of drug-likeness (QED) is 0.737. The molecule has 0 bridgehead atoms. The minimum atomic E-state index is -0.502. The third-order valence-electron chi connectivity index (χ3n) is 3.75. The van der Waals surface area contributed by atoms with Crippen molar-refractivity contribution in [1.82, 2.24) is 14.1 Å². The van der Waals surface area contributed by atoms with E-state index in [-0.39, 0.29) is 16.8 Å². The number of para-hydroxylation sites is 1. The van der Waals surface area contributed by atoms with Crippen LogP contribution in [0.4, 0.5) is 0 Å². The third kappa shape index (κ3) is 1.75. The highest BCUT2D eigenvalue weighted by atomic mass is 16.5. The highest BCUT2D eigenvalue weighted by Crippen LogP contribution is 2.38. The Kier molecular flexibility index (Phi) is 3.05. The number of nitrogens with one attached hydrogen (secondary N) is 1. The average Bonchev–Trinajstić information content (AvgIpc) is 2.88. The Labute approximate surface area is 125 Å². The van der Waals surface area contributed by atoms with Gasteiger partial charge in [0.05, 0.1) is 12.8 Å². The Morgan fingerprint density at radius 3 is 2.50 bits per heavy atom. The summed E-state index contributed by atoms with van der Waals surface area (Å²) < 4.78 is 7.50. The fourth-order valence-electron chi connectivity index (χ4n) is 2.58. The molecular formula is C15H15N3O4. The van der Waals surface area contributed by atoms with Crippen molar-refractivity contribution in [3.8, 4) is 22.8 Å². The normalized spacial score (nSPS) is 11.0. The van der Waals surface area contributed by atoms with Gasteiger partial charge in [-0.15, -0.1) is 0 Å². The molecule has 0 aliphatic heterocycles. The van der Waals surface area contributed by atoms with Crippen LogP contribution >= 0.6 is 0 Å². The molecule has 22 heavy (non-hydrogen) atoms. The molecule has 7 heteroatoms. The summed E-state index contributed by atoms with van der Waals surface area (Å²) in [6.07, 6.45) is 0. The molecule has 2 N–H and O–H groups in total. The van der Waals surface area contributed by atoms with E-state index in [0.29, 0.717) is 17.0 Å². The van der Waals surface area contributed by atoms with Crippen molar-refractivity contribution in [3.05, 3.63) is 45.1 Å². The zero-order valence-corrected chi connectivity index (χ0v) is 12.4. The number of hydrogen-bond donors (Lipinski definition) is 2. The van der Waals surface area contributed by atoms with E-state index in [2.05, 4.69) is 4.98 Å². The minimum Gasteiger partial charge on any atom is -0.504 e. The van der Waals surface area contributed by atoms with Crippen LogP contribution in [0.2, 0.25) is 0 Å². The van der Waals surface area contributed by atoms with Gasteiger partial charge in [-0.3, -0.25) is 13.9 Å². The molecule has 3 rings (SSSR count). The highest BCUT2D eigenvalue weighted by Gasteiger charge is 2.21. The van der Waals surface area contributed by atoms with E-state index in [4.69, 9.17) is 4.74 Å². The Balaban J connectivity index is 2.46. The number of rotatable bonds is 2. The van der Waals surface area contributed by atoms with Gasteiger partial charge in [0.25, 0.3) is 5.56 Å². The minimum absolute atomic E-state index is 0.156. The predicted molar refractivity (Wildman–Crippen MR) is 82.4 cm³/mol. The van der Waals surface area contributed by atoms with Crippen LogP contribution in [0, 0.1) is 0 Å². The molecule has 0 spiro atoms. The second-order valence-electron chi connectivity index (χ2n) is 4.98. The van der Waals surface area contributed by atoms with Crippen LogP contribution in [0.25, 0.3) is 22.3 Å². The molecule has 114 valence electrons. The number of aromatic amines is 1. The van der Waals surface area contributed by atoms with Crippen molar-refractivity contribution < 1.29 is 9.84 Å². The first-order valence-electron chi connectivity index (χ1n) is 6.61. The zero-order valence-electron chi connectivity index (χ0n) is 12.4. The molecule has 7 nitrogen and oxygen atoms in total. The van der Waals surface area contributed by atoms with Crippen LogP contribution in [-0.2, 0) is 14.1 Å². The molecular weight excluding hydrogens is 286 g/mol. The Hall–Kier alpha value is -2.96. The van der Waals surface area contributed by atoms with E-state index in [0.717, 1.165) is 4.57 Å². The molecule has 3 aromatic rings. The van der Waals surface area contributed by atoms with Gasteiger partial charge in [0.15, 0.2) is 5.75 Å². The lowest BCUT2D eigenvalue weighted by molar-refractivity contribution is 0.415. The first-order valence-corrected chi connectivity index (χ1v) is 6.61. The molecule has 2 aromatic heterocycles. The molecule has 0 unspecified atom stereocenters. The van der Waals surface area contributed by atoms with Crippen molar-refractivity contribution in [1.29, 1.82) is 0 Å². The number of hydrogen-bond acceptors (Lipinski definition) is 4. The number of ether oxygens (including phenoxy) is 1. The Morgan fingerprint density at radius 1 is 1.14 bits per heavy atom. The van der Waals surface area contributed by atoms with E-state index < -0.39 is 11.2 Å². The topological polar surface area (TPSA) is 89.3 Å². The second kappa shape index (κ2) is 4.80. The highest BCUT2D eigenvalue weighted by molar-refractivity contribution is 5.92. The summed E-state index contributed by atoms with van der Waals surface area (Å²) in [5.74, 6) is 0.392. The molecule has 0 amide bonds. The molecule has 1 aromatic carbocycles. The summed E-state index contributed by atoms with van der Waals surface area (Å²) in [5.41, 5.74) is 0.295. The van der Waals surface area contributed by atoms with E-state index in [1.807, 2.05) is 0 Å². The summed E-state index contributed by atoms with van der Waals surface area (Å²) in [4.78, 5) is 27.1. The fourth-order valence-corrected chi connectivity index (χ4v) is 2.58. The third-order valence-corrected chi connectivity index (χ3v) is 3.75. The summed E-state index contributed by atoms with van der Waals surface area (Å²) in [5, 5.41) is 10.5. The van der Waals surface area contributed by atoms with Gasteiger partial charge in [-0.05, 0) is 12.1 Å². The lowest BCUT2D eigenvalue weighted by Gasteiger charge is -2.06. The van der Waals surface area contributed by atoms with Crippen molar-refractivity contribution in [2.75, 3.05) is 7.11 Å². The molecule has 2 heterocycles. The number of aryl methyl sites for hydroxylation is 1. The number of fused-ring (bicyclic) bond motifs is 1. The first-order chi connectivity index (χ1) is 10.5. The van der Waals surface area contributed by atoms with Gasteiger partial charge in [0.2, 0.25) is 0 Å². The van der Waals surface area contributed by atoms with Gasteiger partial charge in [-0.2, -0.15) is 0 Å². The van der Waals surface area contributed by atoms with Crippen molar-refractivity contribution in [2.24, 2.45) is 14.1 Å². The smallest absolute Gasteiger partial charge is 0.331 e. The van der Waals surface area contributed by atoms with Crippen molar-refractivity contribution >= 4 is 11.0 Å². The first kappa shape index (κ1) is 14.0. The molecule has 0 radical (unpaired) electrons. The molecule has 0 aliphatic rings. The lowest BCUT2D eigenvalue weighted by Crippen LogP contribution is -2.36. The Bertz CT molecular complexity index is 994. The lowest BCUT2D eigenvalue weighted by atomic mass is 10.1. The van der Waals surface area contributed by atoms with Gasteiger partial charge >= 0.3 is 5.69 Å². The monoisotopic (exact) mass is 301 g/mol. The summed E-state index contributed by atoms with van der Waals surface area (Å²) >= 11 is 0. The van der Waals surface area contributed by atoms with Crippen LogP contribution in [0.3, 0.4) is 0 Å². The Morgan fingerprint density at radius 2 is 1.82 bits per heavy atom. The molecule has 0 fully saturated rings. The number of aromatic nitrogens is 3. The zero-order chi connectivity index (χ0) is 16.0. The maximum Gasteiger partial charge on any atom is 0.331 e. The summed E-state index contributed by atoms with van der Waals surface area (Å²) in [7, 11) is 4.42. The SMILES string of the molecule is COc1ccccc1-c1[nH]c2c(=O)n(C)c(=O)n(C)c2c1O. The molecule has 0 aliphatic carbocycles. The van der Waals surface area contributed by atoms with Crippen LogP contribution in [0.5, 0.6) is 11.5 Å². The predicted octanol–water partition coefficient (Wildman–Crippen LogP) is 0.946. The summed E-state index contributed by atoms with van der Waals surface area (Å²) in [6, 6.07) is 7.10. The second-order valence-corrected chi connectivity index (χ2v) is 4.98. The van der Waals surface area contributed by atoms with Gasteiger partial charge in [0, 0.05) is 19.7 Å². The van der Waals surface area contributed by atoms with Crippen molar-refractivity contribution in [2.45, 2.75) is 0 Å². The number of benzene rings is 1. The van der Waals surface area contributed by atoms with Gasteiger partial charge in [-0.1, -0.05) is 12.1 Å². The molecule has 0 atom stereocenters. The molecule has 0 saturated heterocycles. The van der Waals surface area contributed by atoms with Crippen molar-refractivity contribution in [3.63, 3.8) is 0 Å². The average molecular weight is 301 g/mol. The van der Waals surface area contributed by atoms with Crippen LogP contribution in [-0.4, -0.2) is 26.3 Å². The van der Waals surface area contributed by atoms with E-state index in [1.54, 1.807) is 24.3 Å². The maximum atomic E-state index is 12.2. The van der Waals surface area contributed by atoms with E-state index in [1.165, 1.54) is 25.8 Å². The molecule has 0 saturated carbocycles. The van der Waals surface area contributed by atoms with Crippen LogP contribution < -0.4 is 16.0 Å². The fraction of sp³-hybridized carbons (Fsp3) is 0.200. The number of methoxy groups -OCH3 is 1. The van der Waals surface area contributed by atoms with Gasteiger partial charge in [-0.25, -0.2) is 4.79 Å². The van der Waals surface area contributed by atoms with E-state index >= 15 is 0 Å². The standard InChI is InChI=1S/C15H15N3O4/c1-17-12-11(14(20)18(2)15(17)21)16-10(13(12)19)8-6-4-5-7-9(8)22-3/h4-7,16,19H,1-3H3. The van der Waals surface area contributed by atoms with Gasteiger partial charge < -0.3 is 14.8 Å². The van der Waals surface area contributed by atoms with Crippen LogP contribution in [0.15, 0.2) is 33.9 Å². The largest absolute Gasteiger partial charge is 0.504 e. The van der Waals surface area contributed by atoms with E-state index in [9.17, 15) is 14.7 Å². The number of aromatic hydroxyl groups is 1.